The first-order valence-corrected chi connectivity index (χ1v) is 13.3. The van der Waals surface area contributed by atoms with Crippen LogP contribution in [0.15, 0.2) is 95.9 Å². The largest absolute Gasteiger partial charge is 0.390 e. The molecule has 186 valence electrons. The van der Waals surface area contributed by atoms with Gasteiger partial charge < -0.3 is 10.4 Å². The highest BCUT2D eigenvalue weighted by molar-refractivity contribution is 7.89. The Balaban J connectivity index is 1.86. The minimum Gasteiger partial charge on any atom is -0.390 e. The third-order valence-electron chi connectivity index (χ3n) is 5.84. The lowest BCUT2D eigenvalue weighted by atomic mass is 10.00. The van der Waals surface area contributed by atoms with E-state index in [4.69, 9.17) is 0 Å². The molecule has 0 bridgehead atoms. The lowest BCUT2D eigenvalue weighted by Gasteiger charge is -2.30. The van der Waals surface area contributed by atoms with E-state index in [1.165, 1.54) is 4.31 Å². The fourth-order valence-corrected chi connectivity index (χ4v) is 5.28. The zero-order valence-electron chi connectivity index (χ0n) is 20.2. The van der Waals surface area contributed by atoms with Gasteiger partial charge in [0.2, 0.25) is 10.0 Å². The molecule has 0 saturated heterocycles. The van der Waals surface area contributed by atoms with E-state index in [1.54, 1.807) is 54.6 Å². The van der Waals surface area contributed by atoms with Crippen molar-refractivity contribution in [3.05, 3.63) is 102 Å². The van der Waals surface area contributed by atoms with Gasteiger partial charge in [-0.2, -0.15) is 4.31 Å². The predicted molar refractivity (Wildman–Crippen MR) is 139 cm³/mol. The zero-order chi connectivity index (χ0) is 25.3. The number of nitrogens with one attached hydrogen (secondary N) is 1. The van der Waals surface area contributed by atoms with E-state index in [0.29, 0.717) is 24.3 Å². The van der Waals surface area contributed by atoms with Crippen molar-refractivity contribution in [3.63, 3.8) is 0 Å². The van der Waals surface area contributed by atoms with Gasteiger partial charge in [-0.1, -0.05) is 80.6 Å². The summed E-state index contributed by atoms with van der Waals surface area (Å²) in [7, 11) is -3.82. The maximum Gasteiger partial charge on any atom is 0.251 e. The Bertz CT molecular complexity index is 1150. The number of carbonyl (C=O) groups excluding carboxylic acids is 1. The molecule has 0 aliphatic rings. The van der Waals surface area contributed by atoms with Crippen LogP contribution < -0.4 is 5.32 Å². The standard InChI is InChI=1S/C28H34N2O4S/c1-22(2)18-19-30(35(33,34)25-16-10-5-11-17-25)21-27(31)26(20-23-12-6-3-7-13-23)29-28(32)24-14-8-4-9-15-24/h3-17,22,26-27,31H,18-21H2,1-2H3,(H,29,32)/t26-,27+/m0/s1. The third kappa shape index (κ3) is 7.75. The van der Waals surface area contributed by atoms with Gasteiger partial charge in [0.25, 0.3) is 5.91 Å². The molecule has 0 aliphatic carbocycles. The molecule has 0 saturated carbocycles. The van der Waals surface area contributed by atoms with E-state index in [0.717, 1.165) is 5.56 Å². The summed E-state index contributed by atoms with van der Waals surface area (Å²) < 4.78 is 28.2. The molecule has 2 N–H and O–H groups in total. The van der Waals surface area contributed by atoms with Gasteiger partial charge in [-0.25, -0.2) is 8.42 Å². The highest BCUT2D eigenvalue weighted by Gasteiger charge is 2.31. The van der Waals surface area contributed by atoms with Crippen LogP contribution in [0.3, 0.4) is 0 Å². The quantitative estimate of drug-likeness (QED) is 0.396. The van der Waals surface area contributed by atoms with Crippen molar-refractivity contribution in [2.24, 2.45) is 5.92 Å². The summed E-state index contributed by atoms with van der Waals surface area (Å²) >= 11 is 0. The van der Waals surface area contributed by atoms with Crippen molar-refractivity contribution in [2.75, 3.05) is 13.1 Å². The Morgan fingerprint density at radius 2 is 1.43 bits per heavy atom. The number of aliphatic hydroxyl groups excluding tert-OH is 1. The molecule has 3 aromatic carbocycles. The molecule has 3 rings (SSSR count). The molecule has 0 fully saturated rings. The second-order valence-corrected chi connectivity index (χ2v) is 11.0. The molecular weight excluding hydrogens is 460 g/mol. The lowest BCUT2D eigenvalue weighted by molar-refractivity contribution is 0.0780. The van der Waals surface area contributed by atoms with Crippen LogP contribution in [0, 0.1) is 5.92 Å². The first kappa shape index (κ1) is 26.6. The Morgan fingerprint density at radius 1 is 0.886 bits per heavy atom. The van der Waals surface area contributed by atoms with Crippen molar-refractivity contribution in [3.8, 4) is 0 Å². The average Bonchev–Trinajstić information content (AvgIpc) is 2.87. The first-order chi connectivity index (χ1) is 16.8. The molecule has 35 heavy (non-hydrogen) atoms. The van der Waals surface area contributed by atoms with E-state index in [-0.39, 0.29) is 23.9 Å². The Hall–Kier alpha value is -3.00. The highest BCUT2D eigenvalue weighted by atomic mass is 32.2. The number of sulfonamides is 1. The van der Waals surface area contributed by atoms with Crippen LogP contribution in [0.25, 0.3) is 0 Å². The topological polar surface area (TPSA) is 86.7 Å². The summed E-state index contributed by atoms with van der Waals surface area (Å²) in [4.78, 5) is 13.1. The SMILES string of the molecule is CC(C)CCN(C[C@@H](O)[C@H](Cc1ccccc1)NC(=O)c1ccccc1)S(=O)(=O)c1ccccc1. The number of rotatable bonds is 12. The van der Waals surface area contributed by atoms with Crippen molar-refractivity contribution in [1.82, 2.24) is 9.62 Å². The summed E-state index contributed by atoms with van der Waals surface area (Å²) in [5, 5.41) is 14.2. The molecule has 2 atom stereocenters. The summed E-state index contributed by atoms with van der Waals surface area (Å²) in [6.07, 6.45) is -0.101. The van der Waals surface area contributed by atoms with Gasteiger partial charge in [-0.15, -0.1) is 0 Å². The van der Waals surface area contributed by atoms with Crippen LogP contribution in [0.5, 0.6) is 0 Å². The average molecular weight is 495 g/mol. The number of benzene rings is 3. The molecule has 0 aromatic heterocycles. The van der Waals surface area contributed by atoms with Gasteiger partial charge in [0.1, 0.15) is 0 Å². The normalized spacial score (nSPS) is 13.5. The molecule has 0 spiro atoms. The molecule has 0 radical (unpaired) electrons. The minimum atomic E-state index is -3.82. The number of amides is 1. The molecule has 6 nitrogen and oxygen atoms in total. The molecule has 0 heterocycles. The van der Waals surface area contributed by atoms with Gasteiger partial charge in [-0.05, 0) is 48.6 Å². The van der Waals surface area contributed by atoms with Crippen molar-refractivity contribution in [1.29, 1.82) is 0 Å². The highest BCUT2D eigenvalue weighted by Crippen LogP contribution is 2.19. The first-order valence-electron chi connectivity index (χ1n) is 11.9. The second kappa shape index (κ2) is 12.6. The Labute approximate surface area is 208 Å². The van der Waals surface area contributed by atoms with Crippen molar-refractivity contribution >= 4 is 15.9 Å². The van der Waals surface area contributed by atoms with Crippen LogP contribution in [-0.4, -0.2) is 49.0 Å². The molecule has 0 aliphatic heterocycles. The van der Waals surface area contributed by atoms with Crippen LogP contribution in [0.1, 0.15) is 36.2 Å². The summed E-state index contributed by atoms with van der Waals surface area (Å²) in [5.41, 5.74) is 1.41. The maximum atomic E-state index is 13.4. The number of carbonyl (C=O) groups is 1. The fourth-order valence-electron chi connectivity index (χ4n) is 3.78. The number of nitrogens with zero attached hydrogens (tertiary/aromatic N) is 1. The van der Waals surface area contributed by atoms with Crippen LogP contribution in [-0.2, 0) is 16.4 Å². The fraction of sp³-hybridized carbons (Fsp3) is 0.321. The molecule has 7 heteroatoms. The second-order valence-electron chi connectivity index (χ2n) is 9.06. The number of aliphatic hydroxyl groups is 1. The summed E-state index contributed by atoms with van der Waals surface area (Å²) in [5.74, 6) is -0.0243. The van der Waals surface area contributed by atoms with E-state index in [9.17, 15) is 18.3 Å². The van der Waals surface area contributed by atoms with E-state index >= 15 is 0 Å². The van der Waals surface area contributed by atoms with Crippen molar-refractivity contribution < 1.29 is 18.3 Å². The van der Waals surface area contributed by atoms with Crippen LogP contribution in [0.2, 0.25) is 0 Å². The molecule has 0 unspecified atom stereocenters. The van der Waals surface area contributed by atoms with Crippen LogP contribution in [0.4, 0.5) is 0 Å². The zero-order valence-corrected chi connectivity index (χ0v) is 21.1. The van der Waals surface area contributed by atoms with Gasteiger partial charge in [0.15, 0.2) is 0 Å². The lowest BCUT2D eigenvalue weighted by Crippen LogP contribution is -2.50. The third-order valence-corrected chi connectivity index (χ3v) is 7.72. The van der Waals surface area contributed by atoms with Gasteiger partial charge in [-0.3, -0.25) is 4.79 Å². The minimum absolute atomic E-state index is 0.128. The van der Waals surface area contributed by atoms with Gasteiger partial charge in [0.05, 0.1) is 17.0 Å². The molecule has 1 amide bonds. The molecular formula is C28H34N2O4S. The maximum absolute atomic E-state index is 13.4. The smallest absolute Gasteiger partial charge is 0.251 e. The van der Waals surface area contributed by atoms with Crippen molar-refractivity contribution in [2.45, 2.75) is 43.7 Å². The Kier molecular flexibility index (Phi) is 9.60. The van der Waals surface area contributed by atoms with E-state index < -0.39 is 22.2 Å². The number of hydrogen-bond acceptors (Lipinski definition) is 4. The van der Waals surface area contributed by atoms with E-state index in [1.807, 2.05) is 50.2 Å². The van der Waals surface area contributed by atoms with E-state index in [2.05, 4.69) is 5.32 Å². The summed E-state index contributed by atoms with van der Waals surface area (Å²) in [6, 6.07) is 25.9. The molecule has 3 aromatic rings. The monoisotopic (exact) mass is 494 g/mol. The van der Waals surface area contributed by atoms with Crippen LogP contribution >= 0.6 is 0 Å². The van der Waals surface area contributed by atoms with Gasteiger partial charge >= 0.3 is 0 Å². The Morgan fingerprint density at radius 3 is 2.00 bits per heavy atom. The summed E-state index contributed by atoms with van der Waals surface area (Å²) in [6.45, 7) is 4.21. The predicted octanol–water partition coefficient (Wildman–Crippen LogP) is 4.13. The van der Waals surface area contributed by atoms with Gasteiger partial charge in [0, 0.05) is 18.7 Å². The number of hydrogen-bond donors (Lipinski definition) is 2.